The van der Waals surface area contributed by atoms with Crippen molar-refractivity contribution in [3.05, 3.63) is 71.9 Å². The third-order valence-corrected chi connectivity index (χ3v) is 6.65. The Labute approximate surface area is 194 Å². The number of pyridine rings is 1. The van der Waals surface area contributed by atoms with E-state index in [9.17, 15) is 9.59 Å². The van der Waals surface area contributed by atoms with Crippen LogP contribution in [0.4, 0.5) is 0 Å². The van der Waals surface area contributed by atoms with Crippen LogP contribution in [0.25, 0.3) is 10.9 Å². The lowest BCUT2D eigenvalue weighted by Gasteiger charge is -2.18. The second-order valence-corrected chi connectivity index (χ2v) is 9.00. The Bertz CT molecular complexity index is 1160. The lowest BCUT2D eigenvalue weighted by atomic mass is 9.97. The molecule has 0 spiro atoms. The summed E-state index contributed by atoms with van der Waals surface area (Å²) in [5.41, 5.74) is 2.96. The predicted molar refractivity (Wildman–Crippen MR) is 127 cm³/mol. The molecule has 6 nitrogen and oxygen atoms in total. The second-order valence-electron chi connectivity index (χ2n) is 9.00. The lowest BCUT2D eigenvalue weighted by Crippen LogP contribution is -2.29. The van der Waals surface area contributed by atoms with Crippen molar-refractivity contribution < 1.29 is 14.3 Å². The van der Waals surface area contributed by atoms with Gasteiger partial charge in [0, 0.05) is 43.2 Å². The fourth-order valence-corrected chi connectivity index (χ4v) is 4.88. The monoisotopic (exact) mass is 443 g/mol. The van der Waals surface area contributed by atoms with Crippen LogP contribution in [0.1, 0.15) is 35.2 Å². The van der Waals surface area contributed by atoms with E-state index >= 15 is 0 Å². The van der Waals surface area contributed by atoms with Crippen LogP contribution in [0.15, 0.2) is 60.8 Å². The van der Waals surface area contributed by atoms with Gasteiger partial charge in [-0.15, -0.1) is 0 Å². The van der Waals surface area contributed by atoms with E-state index in [0.717, 1.165) is 49.8 Å². The number of fused-ring (bicyclic) bond motifs is 1. The number of benzene rings is 2. The van der Waals surface area contributed by atoms with Crippen LogP contribution in [0.5, 0.6) is 5.75 Å². The van der Waals surface area contributed by atoms with Gasteiger partial charge in [-0.2, -0.15) is 0 Å². The number of amides is 2. The molecule has 0 aliphatic carbocycles. The van der Waals surface area contributed by atoms with Crippen LogP contribution in [0.3, 0.4) is 0 Å². The maximum atomic E-state index is 13.1. The van der Waals surface area contributed by atoms with Crippen molar-refractivity contribution in [1.29, 1.82) is 0 Å². The van der Waals surface area contributed by atoms with Crippen LogP contribution < -0.4 is 4.74 Å². The molecule has 2 aromatic carbocycles. The minimum absolute atomic E-state index is 0.0559. The molecule has 5 rings (SSSR count). The van der Waals surface area contributed by atoms with Gasteiger partial charge in [-0.3, -0.25) is 14.6 Å². The summed E-state index contributed by atoms with van der Waals surface area (Å²) in [5.74, 6) is 1.39. The van der Waals surface area contributed by atoms with E-state index < -0.39 is 0 Å². The molecule has 3 heterocycles. The van der Waals surface area contributed by atoms with Crippen molar-refractivity contribution in [2.24, 2.45) is 5.92 Å². The number of carbonyl (C=O) groups is 2. The number of rotatable bonds is 7. The van der Waals surface area contributed by atoms with Crippen molar-refractivity contribution in [2.75, 3.05) is 32.8 Å². The molecule has 0 N–H and O–H groups in total. The molecule has 0 bridgehead atoms. The molecule has 1 aromatic heterocycles. The van der Waals surface area contributed by atoms with Gasteiger partial charge in [0.1, 0.15) is 12.4 Å². The van der Waals surface area contributed by atoms with E-state index in [4.69, 9.17) is 4.74 Å². The summed E-state index contributed by atoms with van der Waals surface area (Å²) in [6, 6.07) is 17.9. The number of carbonyl (C=O) groups excluding carboxylic acids is 2. The molecule has 0 radical (unpaired) electrons. The molecule has 2 saturated heterocycles. The highest BCUT2D eigenvalue weighted by atomic mass is 16.5. The summed E-state index contributed by atoms with van der Waals surface area (Å²) in [5, 5.41) is 1.16. The average Bonchev–Trinajstić information content (AvgIpc) is 3.48. The molecule has 2 amide bonds. The SMILES string of the molecule is O=C1CCCN1CCOc1cccc(C(=O)N2CC[C@@H](Cc3ccc4ncccc4c3)C2)c1. The maximum absolute atomic E-state index is 13.1. The molecule has 2 aliphatic heterocycles. The molecular formula is C27H29N3O3. The Morgan fingerprint density at radius 2 is 2.03 bits per heavy atom. The van der Waals surface area contributed by atoms with E-state index in [1.165, 1.54) is 5.56 Å². The van der Waals surface area contributed by atoms with Gasteiger partial charge in [-0.1, -0.05) is 18.2 Å². The minimum atomic E-state index is 0.0559. The third kappa shape index (κ3) is 5.00. The normalized spacial score (nSPS) is 18.3. The number of nitrogens with zero attached hydrogens (tertiary/aromatic N) is 3. The Hall–Kier alpha value is -3.41. The Balaban J connectivity index is 1.16. The summed E-state index contributed by atoms with van der Waals surface area (Å²) < 4.78 is 5.84. The summed E-state index contributed by atoms with van der Waals surface area (Å²) in [7, 11) is 0. The van der Waals surface area contributed by atoms with Crippen molar-refractivity contribution in [3.63, 3.8) is 0 Å². The highest BCUT2D eigenvalue weighted by molar-refractivity contribution is 5.94. The third-order valence-electron chi connectivity index (χ3n) is 6.65. The van der Waals surface area contributed by atoms with Gasteiger partial charge in [-0.25, -0.2) is 0 Å². The van der Waals surface area contributed by atoms with E-state index in [2.05, 4.69) is 29.2 Å². The van der Waals surface area contributed by atoms with Crippen LogP contribution in [-0.2, 0) is 11.2 Å². The summed E-state index contributed by atoms with van der Waals surface area (Å²) in [6.07, 6.45) is 5.36. The largest absolute Gasteiger partial charge is 0.492 e. The number of aromatic nitrogens is 1. The predicted octanol–water partition coefficient (Wildman–Crippen LogP) is 3.94. The fourth-order valence-electron chi connectivity index (χ4n) is 4.88. The number of hydrogen-bond donors (Lipinski definition) is 0. The van der Waals surface area contributed by atoms with E-state index in [0.29, 0.717) is 36.8 Å². The van der Waals surface area contributed by atoms with E-state index in [-0.39, 0.29) is 11.8 Å². The summed E-state index contributed by atoms with van der Waals surface area (Å²) >= 11 is 0. The highest BCUT2D eigenvalue weighted by Crippen LogP contribution is 2.25. The Kier molecular flexibility index (Phi) is 6.24. The first kappa shape index (κ1) is 21.4. The first-order valence-electron chi connectivity index (χ1n) is 11.8. The fraction of sp³-hybridized carbons (Fsp3) is 0.370. The maximum Gasteiger partial charge on any atom is 0.253 e. The zero-order valence-electron chi connectivity index (χ0n) is 18.8. The molecular weight excluding hydrogens is 414 g/mol. The first-order valence-corrected chi connectivity index (χ1v) is 11.8. The van der Waals surface area contributed by atoms with Gasteiger partial charge in [0.2, 0.25) is 5.91 Å². The van der Waals surface area contributed by atoms with Crippen molar-refractivity contribution in [3.8, 4) is 5.75 Å². The Morgan fingerprint density at radius 3 is 2.91 bits per heavy atom. The van der Waals surface area contributed by atoms with Crippen molar-refractivity contribution >= 4 is 22.7 Å². The molecule has 2 aliphatic rings. The lowest BCUT2D eigenvalue weighted by molar-refractivity contribution is -0.128. The van der Waals surface area contributed by atoms with Gasteiger partial charge >= 0.3 is 0 Å². The standard InChI is InChI=1S/C27H29N3O3/c31-26-7-3-12-29(26)14-15-33-24-6-1-4-23(18-24)27(32)30-13-10-21(19-30)16-20-8-9-25-22(17-20)5-2-11-28-25/h1-2,4-6,8-9,11,17-18,21H,3,7,10,12-16,19H2/t21-/m0/s1. The summed E-state index contributed by atoms with van der Waals surface area (Å²) in [4.78, 5) is 33.0. The molecule has 0 unspecified atom stereocenters. The number of likely N-dealkylation sites (tertiary alicyclic amines) is 2. The topological polar surface area (TPSA) is 62.7 Å². The number of ether oxygens (including phenoxy) is 1. The molecule has 3 aromatic rings. The van der Waals surface area contributed by atoms with Crippen LogP contribution in [-0.4, -0.2) is 59.4 Å². The van der Waals surface area contributed by atoms with E-state index in [1.807, 2.05) is 46.3 Å². The minimum Gasteiger partial charge on any atom is -0.492 e. The summed E-state index contributed by atoms with van der Waals surface area (Å²) in [6.45, 7) is 3.39. The average molecular weight is 444 g/mol. The highest BCUT2D eigenvalue weighted by Gasteiger charge is 2.27. The zero-order valence-corrected chi connectivity index (χ0v) is 18.8. The van der Waals surface area contributed by atoms with E-state index in [1.54, 1.807) is 0 Å². The zero-order chi connectivity index (χ0) is 22.6. The van der Waals surface area contributed by atoms with Crippen LogP contribution in [0, 0.1) is 5.92 Å². The van der Waals surface area contributed by atoms with Crippen molar-refractivity contribution in [1.82, 2.24) is 14.8 Å². The van der Waals surface area contributed by atoms with Gasteiger partial charge < -0.3 is 14.5 Å². The van der Waals surface area contributed by atoms with Gasteiger partial charge in [0.25, 0.3) is 5.91 Å². The van der Waals surface area contributed by atoms with Gasteiger partial charge in [0.15, 0.2) is 0 Å². The molecule has 170 valence electrons. The van der Waals surface area contributed by atoms with Gasteiger partial charge in [-0.05, 0) is 67.1 Å². The Morgan fingerprint density at radius 1 is 1.09 bits per heavy atom. The molecule has 0 saturated carbocycles. The molecule has 6 heteroatoms. The second kappa shape index (κ2) is 9.61. The molecule has 2 fully saturated rings. The molecule has 1 atom stereocenters. The van der Waals surface area contributed by atoms with Crippen LogP contribution >= 0.6 is 0 Å². The smallest absolute Gasteiger partial charge is 0.253 e. The van der Waals surface area contributed by atoms with Crippen LogP contribution in [0.2, 0.25) is 0 Å². The molecule has 33 heavy (non-hydrogen) atoms. The number of hydrogen-bond acceptors (Lipinski definition) is 4. The first-order chi connectivity index (χ1) is 16.2. The van der Waals surface area contributed by atoms with Crippen molar-refractivity contribution in [2.45, 2.75) is 25.7 Å². The van der Waals surface area contributed by atoms with Gasteiger partial charge in [0.05, 0.1) is 12.1 Å². The quantitative estimate of drug-likeness (QED) is 0.555.